The minimum atomic E-state index is 0.531. The van der Waals surface area contributed by atoms with Gasteiger partial charge in [0, 0.05) is 24.6 Å². The number of hydrogen-bond acceptors (Lipinski definition) is 2. The molecular formula is C14H18ClN3. The molecule has 4 heteroatoms. The Kier molecular flexibility index (Phi) is 4.79. The molecule has 0 amide bonds. The first-order valence-corrected chi connectivity index (χ1v) is 6.68. The number of unbranched alkanes of at least 4 members (excludes halogenated alkanes) is 1. The molecule has 0 radical (unpaired) electrons. The summed E-state index contributed by atoms with van der Waals surface area (Å²) in [4.78, 5) is 4.11. The molecule has 1 N–H and O–H groups in total. The second-order valence-electron chi connectivity index (χ2n) is 4.21. The number of aromatic nitrogens is 2. The third kappa shape index (κ3) is 3.12. The van der Waals surface area contributed by atoms with Gasteiger partial charge >= 0.3 is 0 Å². The first-order valence-electron chi connectivity index (χ1n) is 6.30. The molecular weight excluding hydrogens is 246 g/mol. The van der Waals surface area contributed by atoms with Gasteiger partial charge in [-0.05, 0) is 37.2 Å². The van der Waals surface area contributed by atoms with Crippen LogP contribution in [0.15, 0.2) is 36.7 Å². The smallest absolute Gasteiger partial charge is 0.152 e. The molecule has 96 valence electrons. The number of pyridine rings is 1. The highest BCUT2D eigenvalue weighted by Crippen LogP contribution is 2.19. The SMILES string of the molecule is CCCCNCc1cccn1-c1cccnc1Cl. The molecule has 0 aromatic carbocycles. The maximum absolute atomic E-state index is 6.12. The van der Waals surface area contributed by atoms with Crippen molar-refractivity contribution in [3.63, 3.8) is 0 Å². The van der Waals surface area contributed by atoms with Crippen LogP contribution < -0.4 is 5.32 Å². The zero-order chi connectivity index (χ0) is 12.8. The third-order valence-corrected chi connectivity index (χ3v) is 3.14. The fraction of sp³-hybridized carbons (Fsp3) is 0.357. The van der Waals surface area contributed by atoms with Crippen LogP contribution in [0.1, 0.15) is 25.5 Å². The molecule has 0 saturated heterocycles. The molecule has 18 heavy (non-hydrogen) atoms. The van der Waals surface area contributed by atoms with Gasteiger partial charge in [0.1, 0.15) is 0 Å². The summed E-state index contributed by atoms with van der Waals surface area (Å²) >= 11 is 6.12. The molecule has 2 aromatic heterocycles. The number of rotatable bonds is 6. The number of nitrogens with zero attached hydrogens (tertiary/aromatic N) is 2. The van der Waals surface area contributed by atoms with E-state index in [1.54, 1.807) is 6.20 Å². The summed E-state index contributed by atoms with van der Waals surface area (Å²) < 4.78 is 2.08. The molecule has 2 rings (SSSR count). The van der Waals surface area contributed by atoms with Crippen molar-refractivity contribution >= 4 is 11.6 Å². The first kappa shape index (κ1) is 13.1. The van der Waals surface area contributed by atoms with Gasteiger partial charge < -0.3 is 9.88 Å². The monoisotopic (exact) mass is 263 g/mol. The van der Waals surface area contributed by atoms with Crippen LogP contribution in [0.2, 0.25) is 5.15 Å². The Morgan fingerprint density at radius 1 is 1.33 bits per heavy atom. The lowest BCUT2D eigenvalue weighted by molar-refractivity contribution is 0.627. The van der Waals surface area contributed by atoms with Crippen LogP contribution in [0.4, 0.5) is 0 Å². The summed E-state index contributed by atoms with van der Waals surface area (Å²) in [6.45, 7) is 4.08. The van der Waals surface area contributed by atoms with E-state index in [1.807, 2.05) is 24.4 Å². The van der Waals surface area contributed by atoms with E-state index in [2.05, 4.69) is 27.9 Å². The predicted molar refractivity (Wildman–Crippen MR) is 75.2 cm³/mol. The second-order valence-corrected chi connectivity index (χ2v) is 4.57. The Bertz CT molecular complexity index is 493. The first-order chi connectivity index (χ1) is 8.83. The zero-order valence-corrected chi connectivity index (χ0v) is 11.3. The Morgan fingerprint density at radius 3 is 3.00 bits per heavy atom. The molecule has 2 aromatic rings. The molecule has 0 aliphatic rings. The van der Waals surface area contributed by atoms with Gasteiger partial charge in [-0.15, -0.1) is 0 Å². The van der Waals surface area contributed by atoms with Crippen molar-refractivity contribution in [2.75, 3.05) is 6.54 Å². The standard InChI is InChI=1S/C14H18ClN3/c1-2-3-8-16-11-12-6-5-10-18(12)13-7-4-9-17-14(13)15/h4-7,9-10,16H,2-3,8,11H2,1H3. The highest BCUT2D eigenvalue weighted by Gasteiger charge is 2.06. The van der Waals surface area contributed by atoms with Crippen LogP contribution in [0.5, 0.6) is 0 Å². The summed E-state index contributed by atoms with van der Waals surface area (Å²) in [5, 5.41) is 3.97. The average Bonchev–Trinajstić information content (AvgIpc) is 2.83. The van der Waals surface area contributed by atoms with E-state index < -0.39 is 0 Å². The predicted octanol–water partition coefficient (Wildman–Crippen LogP) is 3.42. The van der Waals surface area contributed by atoms with Crippen molar-refractivity contribution in [2.24, 2.45) is 0 Å². The minimum Gasteiger partial charge on any atom is -0.317 e. The van der Waals surface area contributed by atoms with Gasteiger partial charge in [-0.1, -0.05) is 24.9 Å². The van der Waals surface area contributed by atoms with Gasteiger partial charge in [-0.2, -0.15) is 0 Å². The minimum absolute atomic E-state index is 0.531. The van der Waals surface area contributed by atoms with Gasteiger partial charge in [0.25, 0.3) is 0 Å². The maximum Gasteiger partial charge on any atom is 0.152 e. The quantitative estimate of drug-likeness (QED) is 0.639. The van der Waals surface area contributed by atoms with E-state index in [0.29, 0.717) is 5.15 Å². The number of nitrogens with one attached hydrogen (secondary N) is 1. The zero-order valence-electron chi connectivity index (χ0n) is 10.6. The van der Waals surface area contributed by atoms with Crippen LogP contribution >= 0.6 is 11.6 Å². The van der Waals surface area contributed by atoms with Gasteiger partial charge in [0.05, 0.1) is 5.69 Å². The highest BCUT2D eigenvalue weighted by atomic mass is 35.5. The topological polar surface area (TPSA) is 29.9 Å². The van der Waals surface area contributed by atoms with Crippen LogP contribution in [0.3, 0.4) is 0 Å². The summed E-state index contributed by atoms with van der Waals surface area (Å²) in [7, 11) is 0. The Hall–Kier alpha value is -1.32. The number of hydrogen-bond donors (Lipinski definition) is 1. The summed E-state index contributed by atoms with van der Waals surface area (Å²) in [5.74, 6) is 0. The Balaban J connectivity index is 2.10. The molecule has 0 unspecified atom stereocenters. The fourth-order valence-electron chi connectivity index (χ4n) is 1.87. The average molecular weight is 264 g/mol. The normalized spacial score (nSPS) is 10.8. The lowest BCUT2D eigenvalue weighted by atomic mass is 10.3. The lowest BCUT2D eigenvalue weighted by Crippen LogP contribution is -2.16. The Labute approximate surface area is 113 Å². The van der Waals surface area contributed by atoms with Crippen molar-refractivity contribution in [1.82, 2.24) is 14.9 Å². The summed E-state index contributed by atoms with van der Waals surface area (Å²) in [6.07, 6.45) is 6.13. The molecule has 3 nitrogen and oxygen atoms in total. The Morgan fingerprint density at radius 2 is 2.22 bits per heavy atom. The van der Waals surface area contributed by atoms with E-state index in [1.165, 1.54) is 18.5 Å². The van der Waals surface area contributed by atoms with E-state index in [4.69, 9.17) is 11.6 Å². The van der Waals surface area contributed by atoms with Crippen molar-refractivity contribution in [1.29, 1.82) is 0 Å². The van der Waals surface area contributed by atoms with Crippen LogP contribution in [-0.4, -0.2) is 16.1 Å². The van der Waals surface area contributed by atoms with Gasteiger partial charge in [-0.25, -0.2) is 4.98 Å². The fourth-order valence-corrected chi connectivity index (χ4v) is 2.08. The van der Waals surface area contributed by atoms with E-state index in [0.717, 1.165) is 18.8 Å². The second kappa shape index (κ2) is 6.57. The van der Waals surface area contributed by atoms with Crippen LogP contribution in [0, 0.1) is 0 Å². The van der Waals surface area contributed by atoms with Crippen molar-refractivity contribution in [3.05, 3.63) is 47.5 Å². The third-order valence-electron chi connectivity index (χ3n) is 2.85. The summed E-state index contributed by atoms with van der Waals surface area (Å²) in [5.41, 5.74) is 2.12. The van der Waals surface area contributed by atoms with Crippen LogP contribution in [-0.2, 0) is 6.54 Å². The highest BCUT2D eigenvalue weighted by molar-refractivity contribution is 6.31. The van der Waals surface area contributed by atoms with E-state index in [9.17, 15) is 0 Å². The van der Waals surface area contributed by atoms with Crippen molar-refractivity contribution in [3.8, 4) is 5.69 Å². The van der Waals surface area contributed by atoms with Gasteiger partial charge in [0.15, 0.2) is 5.15 Å². The van der Waals surface area contributed by atoms with Gasteiger partial charge in [0.2, 0.25) is 0 Å². The van der Waals surface area contributed by atoms with E-state index >= 15 is 0 Å². The van der Waals surface area contributed by atoms with Gasteiger partial charge in [-0.3, -0.25) is 0 Å². The molecule has 0 fully saturated rings. The number of halogens is 1. The van der Waals surface area contributed by atoms with Crippen molar-refractivity contribution in [2.45, 2.75) is 26.3 Å². The van der Waals surface area contributed by atoms with Crippen LogP contribution in [0.25, 0.3) is 5.69 Å². The van der Waals surface area contributed by atoms with Crippen molar-refractivity contribution < 1.29 is 0 Å². The summed E-state index contributed by atoms with van der Waals surface area (Å²) in [6, 6.07) is 8.00. The molecule has 0 bridgehead atoms. The molecule has 0 atom stereocenters. The molecule has 2 heterocycles. The maximum atomic E-state index is 6.12. The molecule has 0 aliphatic heterocycles. The molecule has 0 spiro atoms. The lowest BCUT2D eigenvalue weighted by Gasteiger charge is -2.11. The largest absolute Gasteiger partial charge is 0.317 e. The molecule has 0 saturated carbocycles. The van der Waals surface area contributed by atoms with E-state index in [-0.39, 0.29) is 0 Å². The molecule has 0 aliphatic carbocycles.